The predicted molar refractivity (Wildman–Crippen MR) is 237 cm³/mol. The summed E-state index contributed by atoms with van der Waals surface area (Å²) in [6.45, 7) is 4.74. The van der Waals surface area contributed by atoms with Crippen molar-refractivity contribution in [2.24, 2.45) is 0 Å². The number of thiophene rings is 1. The topological polar surface area (TPSA) is 3.24 Å². The van der Waals surface area contributed by atoms with Gasteiger partial charge < -0.3 is 4.90 Å². The van der Waals surface area contributed by atoms with Crippen molar-refractivity contribution in [3.63, 3.8) is 0 Å². The van der Waals surface area contributed by atoms with Crippen LogP contribution in [-0.2, 0) is 5.41 Å². The number of anilines is 3. The van der Waals surface area contributed by atoms with Crippen LogP contribution < -0.4 is 4.90 Å². The minimum Gasteiger partial charge on any atom is -0.310 e. The lowest BCUT2D eigenvalue weighted by molar-refractivity contribution is 0.660. The van der Waals surface area contributed by atoms with Gasteiger partial charge in [-0.05, 0) is 91.5 Å². The van der Waals surface area contributed by atoms with Gasteiger partial charge >= 0.3 is 0 Å². The molecule has 1 aliphatic rings. The van der Waals surface area contributed by atoms with Gasteiger partial charge in [-0.15, -0.1) is 11.3 Å². The monoisotopic (exact) mass is 719 g/mol. The molecule has 1 heterocycles. The minimum absolute atomic E-state index is 0.120. The Balaban J connectivity index is 1.21. The zero-order chi connectivity index (χ0) is 36.7. The van der Waals surface area contributed by atoms with Crippen LogP contribution in [-0.4, -0.2) is 0 Å². The fourth-order valence-corrected chi connectivity index (χ4v) is 10.4. The van der Waals surface area contributed by atoms with Crippen LogP contribution in [0.4, 0.5) is 17.1 Å². The molecule has 2 heteroatoms. The van der Waals surface area contributed by atoms with Crippen molar-refractivity contribution in [3.8, 4) is 33.4 Å². The van der Waals surface area contributed by atoms with Crippen LogP contribution in [0.1, 0.15) is 25.0 Å². The second-order valence-corrected chi connectivity index (χ2v) is 16.3. The lowest BCUT2D eigenvalue weighted by Crippen LogP contribution is -2.16. The molecule has 260 valence electrons. The molecule has 1 aliphatic carbocycles. The van der Waals surface area contributed by atoms with E-state index in [2.05, 4.69) is 207 Å². The first-order valence-electron chi connectivity index (χ1n) is 19.1. The third-order valence-electron chi connectivity index (χ3n) is 11.8. The Hall–Kier alpha value is -6.48. The number of hydrogen-bond acceptors (Lipinski definition) is 2. The summed E-state index contributed by atoms with van der Waals surface area (Å²) in [5.41, 5.74) is 13.6. The molecule has 0 atom stereocenters. The maximum atomic E-state index is 2.50. The van der Waals surface area contributed by atoms with Gasteiger partial charge in [0.05, 0.1) is 5.69 Å². The van der Waals surface area contributed by atoms with Gasteiger partial charge in [0.2, 0.25) is 0 Å². The van der Waals surface area contributed by atoms with Crippen molar-refractivity contribution >= 4 is 70.1 Å². The smallest absolute Gasteiger partial charge is 0.0554 e. The zero-order valence-corrected chi connectivity index (χ0v) is 31.6. The van der Waals surface area contributed by atoms with Crippen molar-refractivity contribution in [1.29, 1.82) is 0 Å². The standard InChI is InChI=1S/C53H37NS/c1-53(2)47-24-14-13-21-41(47)42-30-29-38(31-48(42)53)54(37-27-25-35(26-28-37)34-15-5-3-6-16-34)49-33-50-46(32-45(49)36-17-7-4-8-18-36)51-43-22-11-9-19-39(43)40-20-10-12-23-44(40)52(51)55-50/h3-33H,1-2H3. The molecule has 0 N–H and O–H groups in total. The lowest BCUT2D eigenvalue weighted by atomic mass is 9.82. The van der Waals surface area contributed by atoms with Crippen molar-refractivity contribution in [2.45, 2.75) is 19.3 Å². The highest BCUT2D eigenvalue weighted by Gasteiger charge is 2.36. The maximum absolute atomic E-state index is 2.50. The molecule has 0 fully saturated rings. The van der Waals surface area contributed by atoms with Gasteiger partial charge in [0, 0.05) is 47.9 Å². The molecule has 0 saturated heterocycles. The molecule has 0 bridgehead atoms. The van der Waals surface area contributed by atoms with Gasteiger partial charge in [-0.2, -0.15) is 0 Å². The summed E-state index contributed by atoms with van der Waals surface area (Å²) < 4.78 is 2.63. The van der Waals surface area contributed by atoms with Crippen molar-refractivity contribution in [1.82, 2.24) is 0 Å². The quantitative estimate of drug-likeness (QED) is 0.160. The third kappa shape index (κ3) is 4.92. The summed E-state index contributed by atoms with van der Waals surface area (Å²) in [6.07, 6.45) is 0. The Morgan fingerprint density at radius 2 is 0.964 bits per heavy atom. The second-order valence-electron chi connectivity index (χ2n) is 15.3. The Morgan fingerprint density at radius 3 is 1.71 bits per heavy atom. The number of rotatable bonds is 5. The molecule has 55 heavy (non-hydrogen) atoms. The Kier molecular flexibility index (Phi) is 7.14. The molecule has 0 spiro atoms. The van der Waals surface area contributed by atoms with Crippen molar-refractivity contribution < 1.29 is 0 Å². The molecule has 0 unspecified atom stereocenters. The SMILES string of the molecule is CC1(C)c2ccccc2-c2ccc(N(c3ccc(-c4ccccc4)cc3)c3cc4sc5c6ccccc6c6ccccc6c5c4cc3-c3ccccc3)cc21. The molecule has 0 amide bonds. The predicted octanol–water partition coefficient (Wildman–Crippen LogP) is 15.5. The first-order valence-corrected chi connectivity index (χ1v) is 19.9. The Bertz CT molecular complexity index is 3100. The molecule has 0 saturated carbocycles. The first-order chi connectivity index (χ1) is 27.0. The molecule has 9 aromatic carbocycles. The van der Waals surface area contributed by atoms with Crippen molar-refractivity contribution in [2.75, 3.05) is 4.90 Å². The molecule has 0 aliphatic heterocycles. The molecule has 10 aromatic rings. The molecule has 1 aromatic heterocycles. The van der Waals surface area contributed by atoms with Crippen LogP contribution in [0.15, 0.2) is 188 Å². The highest BCUT2D eigenvalue weighted by Crippen LogP contribution is 2.53. The Morgan fingerprint density at radius 1 is 0.400 bits per heavy atom. The fraction of sp³-hybridized carbons (Fsp3) is 0.0566. The summed E-state index contributed by atoms with van der Waals surface area (Å²) >= 11 is 1.92. The van der Waals surface area contributed by atoms with Gasteiger partial charge in [0.1, 0.15) is 0 Å². The van der Waals surface area contributed by atoms with Crippen LogP contribution >= 0.6 is 11.3 Å². The van der Waals surface area contributed by atoms with Crippen LogP contribution in [0.2, 0.25) is 0 Å². The van der Waals surface area contributed by atoms with E-state index in [4.69, 9.17) is 0 Å². The van der Waals surface area contributed by atoms with E-state index >= 15 is 0 Å². The second kappa shape index (κ2) is 12.3. The molecule has 0 radical (unpaired) electrons. The minimum atomic E-state index is -0.120. The summed E-state index contributed by atoms with van der Waals surface area (Å²) in [5, 5.41) is 7.88. The van der Waals surface area contributed by atoms with E-state index in [1.807, 2.05) is 11.3 Å². The van der Waals surface area contributed by atoms with E-state index in [0.29, 0.717) is 0 Å². The summed E-state index contributed by atoms with van der Waals surface area (Å²) in [5.74, 6) is 0. The van der Waals surface area contributed by atoms with Crippen molar-refractivity contribution in [3.05, 3.63) is 199 Å². The van der Waals surface area contributed by atoms with E-state index in [0.717, 1.165) is 11.4 Å². The molecule has 11 rings (SSSR count). The summed E-state index contributed by atoms with van der Waals surface area (Å²) in [4.78, 5) is 2.50. The van der Waals surface area contributed by atoms with Crippen LogP contribution in [0, 0.1) is 0 Å². The van der Waals surface area contributed by atoms with Crippen LogP contribution in [0.5, 0.6) is 0 Å². The Labute approximate surface area is 325 Å². The number of fused-ring (bicyclic) bond motifs is 11. The third-order valence-corrected chi connectivity index (χ3v) is 13.0. The van der Waals surface area contributed by atoms with Gasteiger partial charge in [-0.1, -0.05) is 166 Å². The lowest BCUT2D eigenvalue weighted by Gasteiger charge is -2.30. The van der Waals surface area contributed by atoms with Gasteiger partial charge in [-0.25, -0.2) is 0 Å². The summed E-state index contributed by atoms with van der Waals surface area (Å²) in [6, 6.07) is 69.5. The zero-order valence-electron chi connectivity index (χ0n) is 30.8. The van der Waals surface area contributed by atoms with E-state index < -0.39 is 0 Å². The number of benzene rings is 9. The highest BCUT2D eigenvalue weighted by molar-refractivity contribution is 7.27. The largest absolute Gasteiger partial charge is 0.310 e. The molecule has 1 nitrogen and oxygen atoms in total. The number of hydrogen-bond donors (Lipinski definition) is 0. The number of nitrogens with zero attached hydrogens (tertiary/aromatic N) is 1. The van der Waals surface area contributed by atoms with Gasteiger partial charge in [0.15, 0.2) is 0 Å². The first kappa shape index (κ1) is 32.0. The average Bonchev–Trinajstić information content (AvgIpc) is 3.73. The molecular weight excluding hydrogens is 683 g/mol. The molecular formula is C53H37NS. The van der Waals surface area contributed by atoms with Gasteiger partial charge in [0.25, 0.3) is 0 Å². The average molecular weight is 720 g/mol. The van der Waals surface area contributed by atoms with E-state index in [1.165, 1.54) is 91.9 Å². The van der Waals surface area contributed by atoms with Gasteiger partial charge in [-0.3, -0.25) is 0 Å². The van der Waals surface area contributed by atoms with E-state index in [9.17, 15) is 0 Å². The van der Waals surface area contributed by atoms with Crippen LogP contribution in [0.3, 0.4) is 0 Å². The van der Waals surface area contributed by atoms with E-state index in [-0.39, 0.29) is 5.41 Å². The van der Waals surface area contributed by atoms with Crippen LogP contribution in [0.25, 0.3) is 75.1 Å². The summed E-state index contributed by atoms with van der Waals surface area (Å²) in [7, 11) is 0. The fourth-order valence-electron chi connectivity index (χ4n) is 9.17. The maximum Gasteiger partial charge on any atom is 0.0554 e. The van der Waals surface area contributed by atoms with E-state index in [1.54, 1.807) is 0 Å². The highest BCUT2D eigenvalue weighted by atomic mass is 32.1. The normalized spacial score (nSPS) is 13.1.